The number of unbranched alkanes of at least 4 members (excludes halogenated alkanes) is 10. The van der Waals surface area contributed by atoms with Crippen molar-refractivity contribution in [3.63, 3.8) is 0 Å². The van der Waals surface area contributed by atoms with Gasteiger partial charge in [-0.2, -0.15) is 0 Å². The zero-order valence-corrected chi connectivity index (χ0v) is 21.2. The van der Waals surface area contributed by atoms with Crippen molar-refractivity contribution in [2.75, 3.05) is 19.8 Å². The lowest BCUT2D eigenvalue weighted by Gasteiger charge is -2.28. The third-order valence-corrected chi connectivity index (χ3v) is 8.32. The summed E-state index contributed by atoms with van der Waals surface area (Å²) in [5.41, 5.74) is 0. The van der Waals surface area contributed by atoms with Gasteiger partial charge in [-0.05, 0) is 47.0 Å². The van der Waals surface area contributed by atoms with Gasteiger partial charge in [0.25, 0.3) is 0 Å². The van der Waals surface area contributed by atoms with E-state index in [9.17, 15) is 4.79 Å². The van der Waals surface area contributed by atoms with Crippen molar-refractivity contribution in [2.45, 2.75) is 117 Å². The topological polar surface area (TPSA) is 54.0 Å². The van der Waals surface area contributed by atoms with Gasteiger partial charge >= 0.3 is 14.8 Å². The first kappa shape index (κ1) is 29.3. The van der Waals surface area contributed by atoms with Crippen LogP contribution in [0.3, 0.4) is 0 Å². The monoisotopic (exact) mass is 444 g/mol. The van der Waals surface area contributed by atoms with Crippen molar-refractivity contribution in [3.8, 4) is 0 Å². The summed E-state index contributed by atoms with van der Waals surface area (Å²) in [6.07, 6.45) is 16.1. The minimum absolute atomic E-state index is 0.000990. The summed E-state index contributed by atoms with van der Waals surface area (Å²) in [7, 11) is -2.44. The molecule has 0 bridgehead atoms. The summed E-state index contributed by atoms with van der Waals surface area (Å²) in [5.74, 6) is -0.318. The molecule has 5 nitrogen and oxygen atoms in total. The predicted octanol–water partition coefficient (Wildman–Crippen LogP) is 6.83. The first-order chi connectivity index (χ1) is 14.5. The lowest BCUT2D eigenvalue weighted by molar-refractivity contribution is -0.142. The molecular weight excluding hydrogens is 396 g/mol. The molecule has 178 valence electrons. The summed E-state index contributed by atoms with van der Waals surface area (Å²) >= 11 is 0. The van der Waals surface area contributed by atoms with Crippen molar-refractivity contribution >= 4 is 14.8 Å². The molecule has 0 radical (unpaired) electrons. The third kappa shape index (κ3) is 16.1. The Balaban J connectivity index is 3.57. The van der Waals surface area contributed by atoms with E-state index in [1.807, 2.05) is 27.7 Å². The van der Waals surface area contributed by atoms with Gasteiger partial charge in [0, 0.05) is 31.9 Å². The first-order valence-electron chi connectivity index (χ1n) is 12.3. The van der Waals surface area contributed by atoms with Crippen LogP contribution in [0.4, 0.5) is 0 Å². The van der Waals surface area contributed by atoms with Crippen LogP contribution in [0.15, 0.2) is 12.7 Å². The van der Waals surface area contributed by atoms with Gasteiger partial charge in [0.05, 0.1) is 6.10 Å². The number of hydrogen-bond donors (Lipinski definition) is 0. The number of carbonyl (C=O) groups excluding carboxylic acids is 1. The largest absolute Gasteiger partial charge is 0.500 e. The molecule has 0 spiro atoms. The van der Waals surface area contributed by atoms with Gasteiger partial charge in [0.1, 0.15) is 0 Å². The summed E-state index contributed by atoms with van der Waals surface area (Å²) < 4.78 is 22.9. The van der Waals surface area contributed by atoms with E-state index in [1.165, 1.54) is 63.9 Å². The van der Waals surface area contributed by atoms with Gasteiger partial charge in [0.2, 0.25) is 0 Å². The van der Waals surface area contributed by atoms with Gasteiger partial charge < -0.3 is 18.0 Å². The summed E-state index contributed by atoms with van der Waals surface area (Å²) in [5, 5.41) is 0. The highest BCUT2D eigenvalue weighted by atomic mass is 28.4. The standard InChI is InChI=1S/C24H48O5Si/c1-6-24(25)29-23(5)21-19-17-15-13-11-10-12-14-16-18-20-22-30(26-7-2,27-8-3)28-9-4/h6,23H,1,7-22H2,2-5H3. The molecule has 0 fully saturated rings. The minimum atomic E-state index is -2.44. The Bertz CT molecular complexity index is 399. The van der Waals surface area contributed by atoms with E-state index in [1.54, 1.807) is 0 Å². The molecule has 0 amide bonds. The maximum Gasteiger partial charge on any atom is 0.500 e. The van der Waals surface area contributed by atoms with E-state index in [-0.39, 0.29) is 12.1 Å². The molecule has 1 unspecified atom stereocenters. The van der Waals surface area contributed by atoms with E-state index < -0.39 is 8.80 Å². The molecule has 0 rings (SSSR count). The second-order valence-corrected chi connectivity index (χ2v) is 10.6. The summed E-state index contributed by atoms with van der Waals surface area (Å²) in [4.78, 5) is 11.1. The molecule has 0 aromatic rings. The molecule has 0 saturated heterocycles. The van der Waals surface area contributed by atoms with Crippen molar-refractivity contribution in [1.82, 2.24) is 0 Å². The molecule has 0 aliphatic carbocycles. The number of hydrogen-bond acceptors (Lipinski definition) is 5. The Kier molecular flexibility index (Phi) is 19.8. The SMILES string of the molecule is C=CC(=O)OC(C)CCCCCCCCCCCCC[Si](OCC)(OCC)OCC. The van der Waals surface area contributed by atoms with E-state index in [4.69, 9.17) is 18.0 Å². The molecular formula is C24H48O5Si. The fourth-order valence-corrected chi connectivity index (χ4v) is 6.36. The zero-order valence-electron chi connectivity index (χ0n) is 20.2. The van der Waals surface area contributed by atoms with Crippen LogP contribution in [-0.2, 0) is 22.8 Å². The normalized spacial score (nSPS) is 12.7. The van der Waals surface area contributed by atoms with Crippen LogP contribution in [0.25, 0.3) is 0 Å². The van der Waals surface area contributed by atoms with E-state index in [0.717, 1.165) is 25.3 Å². The van der Waals surface area contributed by atoms with Gasteiger partial charge in [-0.1, -0.05) is 64.4 Å². The van der Waals surface area contributed by atoms with E-state index in [2.05, 4.69) is 6.58 Å². The second-order valence-electron chi connectivity index (χ2n) is 7.86. The molecule has 0 heterocycles. The highest BCUT2D eigenvalue weighted by Crippen LogP contribution is 2.21. The van der Waals surface area contributed by atoms with Crippen LogP contribution in [0.1, 0.15) is 105 Å². The number of esters is 1. The Morgan fingerprint density at radius 3 is 1.57 bits per heavy atom. The van der Waals surface area contributed by atoms with E-state index in [0.29, 0.717) is 19.8 Å². The fraction of sp³-hybridized carbons (Fsp3) is 0.875. The molecule has 0 aliphatic heterocycles. The molecule has 30 heavy (non-hydrogen) atoms. The maximum absolute atomic E-state index is 11.1. The molecule has 1 atom stereocenters. The summed E-state index contributed by atoms with van der Waals surface area (Å²) in [6, 6.07) is 0.938. The third-order valence-electron chi connectivity index (χ3n) is 5.17. The smallest absolute Gasteiger partial charge is 0.460 e. The number of rotatable bonds is 22. The predicted molar refractivity (Wildman–Crippen MR) is 127 cm³/mol. The highest BCUT2D eigenvalue weighted by Gasteiger charge is 2.39. The minimum Gasteiger partial charge on any atom is -0.460 e. The van der Waals surface area contributed by atoms with Crippen LogP contribution in [0.5, 0.6) is 0 Å². The number of ether oxygens (including phenoxy) is 1. The van der Waals surface area contributed by atoms with Crippen LogP contribution < -0.4 is 0 Å². The summed E-state index contributed by atoms with van der Waals surface area (Å²) in [6.45, 7) is 13.4. The lowest BCUT2D eigenvalue weighted by atomic mass is 10.0. The Morgan fingerprint density at radius 2 is 1.17 bits per heavy atom. The molecule has 0 aromatic heterocycles. The van der Waals surface area contributed by atoms with Crippen LogP contribution >= 0.6 is 0 Å². The lowest BCUT2D eigenvalue weighted by Crippen LogP contribution is -2.45. The molecule has 0 aliphatic rings. The maximum atomic E-state index is 11.1. The van der Waals surface area contributed by atoms with Gasteiger partial charge in [-0.3, -0.25) is 0 Å². The average Bonchev–Trinajstić information content (AvgIpc) is 2.72. The van der Waals surface area contributed by atoms with Gasteiger partial charge in [0.15, 0.2) is 0 Å². The molecule has 0 N–H and O–H groups in total. The zero-order chi connectivity index (χ0) is 22.5. The highest BCUT2D eigenvalue weighted by molar-refractivity contribution is 6.60. The van der Waals surface area contributed by atoms with E-state index >= 15 is 0 Å². The van der Waals surface area contributed by atoms with Crippen LogP contribution in [0, 0.1) is 0 Å². The van der Waals surface area contributed by atoms with Crippen LogP contribution in [-0.4, -0.2) is 40.7 Å². The molecule has 0 aromatic carbocycles. The Hall–Kier alpha value is -0.693. The quantitative estimate of drug-likeness (QED) is 0.0792. The number of carbonyl (C=O) groups is 1. The van der Waals surface area contributed by atoms with Gasteiger partial charge in [-0.25, -0.2) is 4.79 Å². The van der Waals surface area contributed by atoms with Crippen LogP contribution in [0.2, 0.25) is 6.04 Å². The van der Waals surface area contributed by atoms with Crippen molar-refractivity contribution in [3.05, 3.63) is 12.7 Å². The van der Waals surface area contributed by atoms with Crippen molar-refractivity contribution in [2.24, 2.45) is 0 Å². The Morgan fingerprint density at radius 1 is 0.767 bits per heavy atom. The average molecular weight is 445 g/mol. The molecule has 6 heteroatoms. The fourth-order valence-electron chi connectivity index (χ4n) is 3.67. The first-order valence-corrected chi connectivity index (χ1v) is 14.2. The van der Waals surface area contributed by atoms with Crippen molar-refractivity contribution < 1.29 is 22.8 Å². The Labute approximate surface area is 187 Å². The second kappa shape index (κ2) is 20.2. The van der Waals surface area contributed by atoms with Crippen molar-refractivity contribution in [1.29, 1.82) is 0 Å². The van der Waals surface area contributed by atoms with Gasteiger partial charge in [-0.15, -0.1) is 0 Å². The molecule has 0 saturated carbocycles.